The number of ether oxygens (including phenoxy) is 1. The van der Waals surface area contributed by atoms with Gasteiger partial charge in [0.15, 0.2) is 11.5 Å². The molecule has 1 aromatic heterocycles. The smallest absolute Gasteiger partial charge is 0.312 e. The standard InChI is InChI=1S/C17H10O4S/c18-13-7-12(9-5-6-22-8-9)14-15(19)10-3-1-2-4-11(10)16(20)17(14)21-13/h1-6,8,12H,7H2. The number of benzene rings is 1. The molecule has 1 atom stereocenters. The first-order chi connectivity index (χ1) is 10.7. The molecule has 4 rings (SSSR count). The summed E-state index contributed by atoms with van der Waals surface area (Å²) in [6.45, 7) is 0. The van der Waals surface area contributed by atoms with Gasteiger partial charge in [-0.05, 0) is 22.4 Å². The molecule has 1 aliphatic carbocycles. The number of allylic oxidation sites excluding steroid dienone is 2. The van der Waals surface area contributed by atoms with E-state index in [-0.39, 0.29) is 18.0 Å². The molecule has 0 fully saturated rings. The van der Waals surface area contributed by atoms with Crippen molar-refractivity contribution in [2.24, 2.45) is 0 Å². The molecule has 1 aliphatic heterocycles. The molecule has 0 amide bonds. The molecule has 0 radical (unpaired) electrons. The van der Waals surface area contributed by atoms with Crippen molar-refractivity contribution in [2.75, 3.05) is 0 Å². The van der Waals surface area contributed by atoms with Gasteiger partial charge in [0.1, 0.15) is 0 Å². The van der Waals surface area contributed by atoms with E-state index >= 15 is 0 Å². The van der Waals surface area contributed by atoms with Crippen LogP contribution in [0.15, 0.2) is 52.4 Å². The van der Waals surface area contributed by atoms with Crippen LogP contribution in [0.5, 0.6) is 0 Å². The lowest BCUT2D eigenvalue weighted by Gasteiger charge is -2.29. The number of thiophene rings is 1. The monoisotopic (exact) mass is 310 g/mol. The number of hydrogen-bond acceptors (Lipinski definition) is 5. The molecule has 0 spiro atoms. The zero-order valence-electron chi connectivity index (χ0n) is 11.4. The van der Waals surface area contributed by atoms with Crippen molar-refractivity contribution in [2.45, 2.75) is 12.3 Å². The lowest BCUT2D eigenvalue weighted by atomic mass is 9.77. The van der Waals surface area contributed by atoms with Gasteiger partial charge in [-0.2, -0.15) is 11.3 Å². The zero-order valence-corrected chi connectivity index (χ0v) is 12.2. The van der Waals surface area contributed by atoms with Crippen LogP contribution in [0.1, 0.15) is 38.6 Å². The summed E-state index contributed by atoms with van der Waals surface area (Å²) in [5.74, 6) is -1.61. The third-order valence-corrected chi connectivity index (χ3v) is 4.69. The van der Waals surface area contributed by atoms with Crippen LogP contribution in [-0.4, -0.2) is 17.5 Å². The summed E-state index contributed by atoms with van der Waals surface area (Å²) in [6, 6.07) is 8.51. The maximum atomic E-state index is 12.8. The average Bonchev–Trinajstić information content (AvgIpc) is 3.06. The third-order valence-electron chi connectivity index (χ3n) is 3.99. The van der Waals surface area contributed by atoms with E-state index in [1.807, 2.05) is 16.8 Å². The number of Topliss-reactive ketones (excluding diaryl/α,β-unsaturated/α-hetero) is 2. The normalized spacial score (nSPS) is 20.5. The van der Waals surface area contributed by atoms with Crippen molar-refractivity contribution >= 4 is 28.9 Å². The van der Waals surface area contributed by atoms with Gasteiger partial charge in [0.05, 0.1) is 12.0 Å². The van der Waals surface area contributed by atoms with Crippen LogP contribution in [0.3, 0.4) is 0 Å². The lowest BCUT2D eigenvalue weighted by molar-refractivity contribution is -0.140. The summed E-state index contributed by atoms with van der Waals surface area (Å²) in [6.07, 6.45) is 0.0801. The summed E-state index contributed by atoms with van der Waals surface area (Å²) in [5, 5.41) is 3.78. The topological polar surface area (TPSA) is 60.4 Å². The van der Waals surface area contributed by atoms with Crippen molar-refractivity contribution < 1.29 is 19.1 Å². The van der Waals surface area contributed by atoms with Crippen molar-refractivity contribution in [3.05, 3.63) is 69.1 Å². The molecule has 22 heavy (non-hydrogen) atoms. The van der Waals surface area contributed by atoms with Gasteiger partial charge in [0, 0.05) is 17.0 Å². The van der Waals surface area contributed by atoms with Gasteiger partial charge >= 0.3 is 5.97 Å². The summed E-state index contributed by atoms with van der Waals surface area (Å²) < 4.78 is 5.13. The summed E-state index contributed by atoms with van der Waals surface area (Å²) in [5.41, 5.74) is 1.85. The molecular weight excluding hydrogens is 300 g/mol. The Morgan fingerprint density at radius 2 is 1.73 bits per heavy atom. The van der Waals surface area contributed by atoms with Crippen LogP contribution in [0, 0.1) is 0 Å². The zero-order chi connectivity index (χ0) is 15.3. The van der Waals surface area contributed by atoms with E-state index in [1.54, 1.807) is 24.3 Å². The highest BCUT2D eigenvalue weighted by Gasteiger charge is 2.42. The van der Waals surface area contributed by atoms with Crippen LogP contribution in [0.25, 0.3) is 0 Å². The first-order valence-electron chi connectivity index (χ1n) is 6.82. The van der Waals surface area contributed by atoms with Crippen LogP contribution >= 0.6 is 11.3 Å². The Hall–Kier alpha value is -2.53. The number of fused-ring (bicyclic) bond motifs is 1. The Balaban J connectivity index is 1.94. The fraction of sp³-hybridized carbons (Fsp3) is 0.118. The van der Waals surface area contributed by atoms with Crippen LogP contribution in [0.2, 0.25) is 0 Å². The minimum Gasteiger partial charge on any atom is -0.422 e. The molecule has 0 N–H and O–H groups in total. The maximum Gasteiger partial charge on any atom is 0.312 e. The predicted molar refractivity (Wildman–Crippen MR) is 79.9 cm³/mol. The Bertz CT molecular complexity index is 845. The van der Waals surface area contributed by atoms with Gasteiger partial charge in [-0.1, -0.05) is 24.3 Å². The van der Waals surface area contributed by atoms with Gasteiger partial charge in [-0.3, -0.25) is 14.4 Å². The molecule has 2 heterocycles. The number of carbonyl (C=O) groups excluding carboxylic acids is 3. The molecule has 2 aromatic rings. The van der Waals surface area contributed by atoms with Gasteiger partial charge in [-0.15, -0.1) is 0 Å². The van der Waals surface area contributed by atoms with Crippen LogP contribution in [-0.2, 0) is 9.53 Å². The molecule has 5 heteroatoms. The first kappa shape index (κ1) is 13.2. The van der Waals surface area contributed by atoms with E-state index in [4.69, 9.17) is 4.74 Å². The highest BCUT2D eigenvalue weighted by molar-refractivity contribution is 7.08. The Morgan fingerprint density at radius 1 is 1.00 bits per heavy atom. The molecule has 2 aliphatic rings. The minimum atomic E-state index is -0.476. The predicted octanol–water partition coefficient (Wildman–Crippen LogP) is 3.11. The lowest BCUT2D eigenvalue weighted by Crippen LogP contribution is -2.32. The summed E-state index contributed by atoms with van der Waals surface area (Å²) in [7, 11) is 0. The highest BCUT2D eigenvalue weighted by atomic mass is 32.1. The number of esters is 1. The SMILES string of the molecule is O=C1CC(c2ccsc2)C2=C(O1)C(=O)c1ccccc1C2=O. The van der Waals surface area contributed by atoms with Crippen LogP contribution in [0.4, 0.5) is 0 Å². The quantitative estimate of drug-likeness (QED) is 0.759. The number of hydrogen-bond donors (Lipinski definition) is 0. The van der Waals surface area contributed by atoms with E-state index in [9.17, 15) is 14.4 Å². The van der Waals surface area contributed by atoms with Crippen molar-refractivity contribution in [3.63, 3.8) is 0 Å². The van der Waals surface area contributed by atoms with E-state index < -0.39 is 17.7 Å². The van der Waals surface area contributed by atoms with Crippen molar-refractivity contribution in [1.82, 2.24) is 0 Å². The summed E-state index contributed by atoms with van der Waals surface area (Å²) in [4.78, 5) is 37.3. The largest absolute Gasteiger partial charge is 0.422 e. The van der Waals surface area contributed by atoms with E-state index in [1.165, 1.54) is 11.3 Å². The van der Waals surface area contributed by atoms with Crippen molar-refractivity contribution in [1.29, 1.82) is 0 Å². The number of ketones is 2. The second kappa shape index (κ2) is 4.74. The fourth-order valence-electron chi connectivity index (χ4n) is 2.97. The Morgan fingerprint density at radius 3 is 2.41 bits per heavy atom. The highest BCUT2D eigenvalue weighted by Crippen LogP contribution is 2.41. The summed E-state index contributed by atoms with van der Waals surface area (Å²) >= 11 is 1.49. The minimum absolute atomic E-state index is 0.0801. The Labute approximate surface area is 130 Å². The molecule has 0 saturated heterocycles. The van der Waals surface area contributed by atoms with E-state index in [2.05, 4.69) is 0 Å². The molecule has 0 bridgehead atoms. The third kappa shape index (κ3) is 1.79. The van der Waals surface area contributed by atoms with Gasteiger partial charge in [-0.25, -0.2) is 0 Å². The van der Waals surface area contributed by atoms with Crippen molar-refractivity contribution in [3.8, 4) is 0 Å². The van der Waals surface area contributed by atoms with Gasteiger partial charge < -0.3 is 4.74 Å². The van der Waals surface area contributed by atoms with E-state index in [0.29, 0.717) is 16.7 Å². The number of rotatable bonds is 1. The maximum absolute atomic E-state index is 12.8. The molecule has 1 aromatic carbocycles. The first-order valence-corrected chi connectivity index (χ1v) is 7.76. The average molecular weight is 310 g/mol. The molecule has 0 saturated carbocycles. The van der Waals surface area contributed by atoms with E-state index in [0.717, 1.165) is 5.56 Å². The molecule has 4 nitrogen and oxygen atoms in total. The van der Waals surface area contributed by atoms with Gasteiger partial charge in [0.25, 0.3) is 0 Å². The van der Waals surface area contributed by atoms with Crippen LogP contribution < -0.4 is 0 Å². The molecule has 1 unspecified atom stereocenters. The van der Waals surface area contributed by atoms with Gasteiger partial charge in [0.2, 0.25) is 5.78 Å². The number of carbonyl (C=O) groups is 3. The molecule has 108 valence electrons. The second-order valence-electron chi connectivity index (χ2n) is 5.23. The Kier molecular flexibility index (Phi) is 2.84. The molecular formula is C17H10O4S. The fourth-order valence-corrected chi connectivity index (χ4v) is 3.69. The second-order valence-corrected chi connectivity index (χ2v) is 6.01.